The SMILES string of the molecule is Cc1cccc2c1c1c(n2Cc2cccc(Cl)c2)C=CCC1(OCC(=O)O)C(N)=O. The topological polar surface area (TPSA) is 94.6 Å². The van der Waals surface area contributed by atoms with Crippen molar-refractivity contribution in [3.63, 3.8) is 0 Å². The number of amides is 1. The molecule has 0 fully saturated rings. The number of aryl methyl sites for hydroxylation is 1. The number of carboxylic acids is 1. The van der Waals surface area contributed by atoms with Crippen LogP contribution in [0.4, 0.5) is 0 Å². The molecule has 0 radical (unpaired) electrons. The Morgan fingerprint density at radius 1 is 1.27 bits per heavy atom. The number of carboxylic acid groups (broad SMARTS) is 1. The summed E-state index contributed by atoms with van der Waals surface area (Å²) in [6.07, 6.45) is 3.91. The summed E-state index contributed by atoms with van der Waals surface area (Å²) in [7, 11) is 0. The van der Waals surface area contributed by atoms with Gasteiger partial charge in [0.05, 0.1) is 0 Å². The van der Waals surface area contributed by atoms with Crippen LogP contribution in [0.15, 0.2) is 48.5 Å². The molecule has 0 spiro atoms. The van der Waals surface area contributed by atoms with E-state index in [4.69, 9.17) is 27.2 Å². The quantitative estimate of drug-likeness (QED) is 0.628. The van der Waals surface area contributed by atoms with Crippen molar-refractivity contribution in [3.8, 4) is 0 Å². The minimum atomic E-state index is -1.55. The van der Waals surface area contributed by atoms with Crippen molar-refractivity contribution in [2.24, 2.45) is 5.73 Å². The summed E-state index contributed by atoms with van der Waals surface area (Å²) in [5.41, 5.74) is 8.52. The number of hydrogen-bond donors (Lipinski definition) is 2. The Balaban J connectivity index is 1.99. The largest absolute Gasteiger partial charge is 0.480 e. The predicted octanol–water partition coefficient (Wildman–Crippen LogP) is 3.85. The van der Waals surface area contributed by atoms with Gasteiger partial charge in [-0.1, -0.05) is 41.9 Å². The maximum absolute atomic E-state index is 12.7. The summed E-state index contributed by atoms with van der Waals surface area (Å²) in [5, 5.41) is 10.7. The van der Waals surface area contributed by atoms with Gasteiger partial charge in [-0.15, -0.1) is 0 Å². The first-order valence-corrected chi connectivity index (χ1v) is 9.90. The van der Waals surface area contributed by atoms with Crippen LogP contribution in [0.1, 0.15) is 28.8 Å². The molecule has 7 heteroatoms. The molecular weight excluding hydrogens is 404 g/mol. The third-order valence-corrected chi connectivity index (χ3v) is 5.73. The molecule has 0 saturated heterocycles. The summed E-state index contributed by atoms with van der Waals surface area (Å²) in [4.78, 5) is 23.9. The fourth-order valence-electron chi connectivity index (χ4n) is 4.22. The molecule has 0 aliphatic heterocycles. The highest BCUT2D eigenvalue weighted by Crippen LogP contribution is 2.44. The number of carbonyl (C=O) groups is 2. The summed E-state index contributed by atoms with van der Waals surface area (Å²) in [6.45, 7) is 1.85. The molecule has 6 nitrogen and oxygen atoms in total. The predicted molar refractivity (Wildman–Crippen MR) is 115 cm³/mol. The van der Waals surface area contributed by atoms with E-state index >= 15 is 0 Å². The third kappa shape index (κ3) is 3.28. The highest BCUT2D eigenvalue weighted by Gasteiger charge is 2.45. The van der Waals surface area contributed by atoms with Gasteiger partial charge in [-0.3, -0.25) is 4.79 Å². The van der Waals surface area contributed by atoms with E-state index in [2.05, 4.69) is 4.57 Å². The van der Waals surface area contributed by atoms with Gasteiger partial charge in [0, 0.05) is 40.1 Å². The lowest BCUT2D eigenvalue weighted by molar-refractivity contribution is -0.158. The van der Waals surface area contributed by atoms with E-state index in [0.29, 0.717) is 17.1 Å². The maximum Gasteiger partial charge on any atom is 0.329 e. The Kier molecular flexibility index (Phi) is 5.13. The maximum atomic E-state index is 12.7. The van der Waals surface area contributed by atoms with Crippen LogP contribution < -0.4 is 5.73 Å². The number of nitrogens with two attached hydrogens (primary N) is 1. The van der Waals surface area contributed by atoms with Crippen molar-refractivity contribution in [3.05, 3.63) is 75.9 Å². The fourth-order valence-corrected chi connectivity index (χ4v) is 4.43. The first kappa shape index (κ1) is 20.2. The standard InChI is InChI=1S/C23H21ClN2O4/c1-14-5-2-8-17-20(14)21-18(26(17)12-15-6-3-7-16(24)11-15)9-4-10-23(21,22(25)29)30-13-19(27)28/h2-9,11H,10,12-13H2,1H3,(H2,25,29)(H,27,28). The van der Waals surface area contributed by atoms with E-state index in [1.807, 2.05) is 55.5 Å². The number of aromatic nitrogens is 1. The second kappa shape index (κ2) is 7.63. The minimum absolute atomic E-state index is 0.174. The van der Waals surface area contributed by atoms with Crippen LogP contribution in [0.5, 0.6) is 0 Å². The molecule has 3 N–H and O–H groups in total. The molecule has 1 aliphatic rings. The zero-order valence-electron chi connectivity index (χ0n) is 16.4. The first-order valence-electron chi connectivity index (χ1n) is 9.52. The lowest BCUT2D eigenvalue weighted by Crippen LogP contribution is -2.45. The van der Waals surface area contributed by atoms with E-state index in [0.717, 1.165) is 27.7 Å². The zero-order chi connectivity index (χ0) is 21.5. The van der Waals surface area contributed by atoms with Gasteiger partial charge in [-0.2, -0.15) is 0 Å². The first-order chi connectivity index (χ1) is 14.3. The number of fused-ring (bicyclic) bond motifs is 3. The van der Waals surface area contributed by atoms with Crippen molar-refractivity contribution in [2.75, 3.05) is 6.61 Å². The molecule has 0 bridgehead atoms. The lowest BCUT2D eigenvalue weighted by Gasteiger charge is -2.32. The van der Waals surface area contributed by atoms with Crippen molar-refractivity contribution >= 4 is 40.5 Å². The number of carbonyl (C=O) groups excluding carboxylic acids is 1. The zero-order valence-corrected chi connectivity index (χ0v) is 17.1. The van der Waals surface area contributed by atoms with Crippen LogP contribution in [0, 0.1) is 6.92 Å². The number of nitrogens with zero attached hydrogens (tertiary/aromatic N) is 1. The van der Waals surface area contributed by atoms with Crippen molar-refractivity contribution in [1.29, 1.82) is 0 Å². The molecule has 4 rings (SSSR count). The molecule has 1 amide bonds. The van der Waals surface area contributed by atoms with E-state index in [1.165, 1.54) is 0 Å². The molecule has 1 unspecified atom stereocenters. The Hall–Kier alpha value is -3.09. The van der Waals surface area contributed by atoms with Crippen LogP contribution in [0.3, 0.4) is 0 Å². The molecule has 1 atom stereocenters. The number of hydrogen-bond acceptors (Lipinski definition) is 3. The van der Waals surface area contributed by atoms with E-state index in [1.54, 1.807) is 6.08 Å². The molecule has 30 heavy (non-hydrogen) atoms. The number of rotatable bonds is 6. The summed E-state index contributed by atoms with van der Waals surface area (Å²) < 4.78 is 7.79. The van der Waals surface area contributed by atoms with Crippen LogP contribution in [-0.4, -0.2) is 28.2 Å². The molecular formula is C23H21ClN2O4. The van der Waals surface area contributed by atoms with E-state index < -0.39 is 24.1 Å². The number of ether oxygens (including phenoxy) is 1. The van der Waals surface area contributed by atoms with Crippen molar-refractivity contribution in [1.82, 2.24) is 4.57 Å². The number of halogens is 1. The van der Waals surface area contributed by atoms with Crippen LogP contribution in [0.25, 0.3) is 17.0 Å². The second-order valence-corrected chi connectivity index (χ2v) is 7.86. The summed E-state index contributed by atoms with van der Waals surface area (Å²) in [5.74, 6) is -1.87. The van der Waals surface area contributed by atoms with E-state index in [-0.39, 0.29) is 6.42 Å². The Labute approximate surface area is 178 Å². The normalized spacial score (nSPS) is 17.8. The minimum Gasteiger partial charge on any atom is -0.480 e. The average Bonchev–Trinajstić information content (AvgIpc) is 3.02. The third-order valence-electron chi connectivity index (χ3n) is 5.49. The Bertz CT molecular complexity index is 1200. The van der Waals surface area contributed by atoms with Crippen LogP contribution >= 0.6 is 11.6 Å². The Morgan fingerprint density at radius 3 is 2.73 bits per heavy atom. The number of benzene rings is 2. The number of aliphatic carboxylic acids is 1. The van der Waals surface area contributed by atoms with Gasteiger partial charge < -0.3 is 20.1 Å². The molecule has 1 aromatic heterocycles. The Morgan fingerprint density at radius 2 is 2.03 bits per heavy atom. The van der Waals surface area contributed by atoms with Gasteiger partial charge in [-0.25, -0.2) is 4.79 Å². The smallest absolute Gasteiger partial charge is 0.329 e. The van der Waals surface area contributed by atoms with Crippen LogP contribution in [0.2, 0.25) is 5.02 Å². The van der Waals surface area contributed by atoms with Gasteiger partial charge in [0.1, 0.15) is 6.61 Å². The molecule has 1 aliphatic carbocycles. The fraction of sp³-hybridized carbons (Fsp3) is 0.217. The monoisotopic (exact) mass is 424 g/mol. The van der Waals surface area contributed by atoms with Crippen LogP contribution in [-0.2, 0) is 26.5 Å². The highest BCUT2D eigenvalue weighted by atomic mass is 35.5. The van der Waals surface area contributed by atoms with Gasteiger partial charge in [0.25, 0.3) is 5.91 Å². The molecule has 0 saturated carbocycles. The average molecular weight is 425 g/mol. The number of primary amides is 1. The summed E-state index contributed by atoms with van der Waals surface area (Å²) in [6, 6.07) is 13.5. The lowest BCUT2D eigenvalue weighted by atomic mass is 9.82. The van der Waals surface area contributed by atoms with Gasteiger partial charge in [0.2, 0.25) is 0 Å². The molecule has 154 valence electrons. The van der Waals surface area contributed by atoms with Crippen molar-refractivity contribution in [2.45, 2.75) is 25.5 Å². The highest BCUT2D eigenvalue weighted by molar-refractivity contribution is 6.30. The van der Waals surface area contributed by atoms with E-state index in [9.17, 15) is 9.59 Å². The molecule has 3 aromatic rings. The molecule has 1 heterocycles. The van der Waals surface area contributed by atoms with Gasteiger partial charge in [-0.05, 0) is 42.3 Å². The second-order valence-electron chi connectivity index (χ2n) is 7.43. The molecule has 2 aromatic carbocycles. The van der Waals surface area contributed by atoms with Gasteiger partial charge in [0.15, 0.2) is 5.60 Å². The summed E-state index contributed by atoms with van der Waals surface area (Å²) >= 11 is 6.17. The van der Waals surface area contributed by atoms with Crippen molar-refractivity contribution < 1.29 is 19.4 Å². The van der Waals surface area contributed by atoms with Gasteiger partial charge >= 0.3 is 5.97 Å².